The van der Waals surface area contributed by atoms with Gasteiger partial charge in [-0.3, -0.25) is 0 Å². The minimum atomic E-state index is -0.461. The molecular formula is C14H29NO4. The number of alkyl carbamates (subject to hydrolysis) is 1. The Morgan fingerprint density at radius 3 is 2.21 bits per heavy atom. The molecule has 0 saturated carbocycles. The summed E-state index contributed by atoms with van der Waals surface area (Å²) in [6.07, 6.45) is 3.11. The van der Waals surface area contributed by atoms with Gasteiger partial charge in [-0.1, -0.05) is 19.8 Å². The Balaban J connectivity index is 3.21. The lowest BCUT2D eigenvalue weighted by atomic mass is 10.2. The van der Waals surface area contributed by atoms with Crippen molar-refractivity contribution in [2.45, 2.75) is 52.6 Å². The Kier molecular flexibility index (Phi) is 10.6. The Hall–Kier alpha value is -0.810. The van der Waals surface area contributed by atoms with Crippen LogP contribution in [0.1, 0.15) is 47.0 Å². The number of carbonyl (C=O) groups is 1. The van der Waals surface area contributed by atoms with E-state index in [0.29, 0.717) is 26.4 Å². The molecule has 0 aliphatic heterocycles. The molecule has 0 aliphatic carbocycles. The van der Waals surface area contributed by atoms with Gasteiger partial charge in [0, 0.05) is 13.2 Å². The normalized spacial score (nSPS) is 11.4. The SMILES string of the molecule is CCCCCOCCOCCNC(=O)OC(C)(C)C. The van der Waals surface area contributed by atoms with Gasteiger partial charge in [-0.05, 0) is 27.2 Å². The van der Waals surface area contributed by atoms with E-state index in [0.717, 1.165) is 13.0 Å². The minimum absolute atomic E-state index is 0.410. The van der Waals surface area contributed by atoms with Gasteiger partial charge in [0.05, 0.1) is 19.8 Å². The van der Waals surface area contributed by atoms with Crippen LogP contribution >= 0.6 is 0 Å². The van der Waals surface area contributed by atoms with Crippen LogP contribution in [-0.2, 0) is 14.2 Å². The van der Waals surface area contributed by atoms with E-state index < -0.39 is 11.7 Å². The number of ether oxygens (including phenoxy) is 3. The van der Waals surface area contributed by atoms with Gasteiger partial charge >= 0.3 is 6.09 Å². The zero-order chi connectivity index (χ0) is 14.6. The van der Waals surface area contributed by atoms with Gasteiger partial charge in [0.2, 0.25) is 0 Å². The minimum Gasteiger partial charge on any atom is -0.444 e. The summed E-state index contributed by atoms with van der Waals surface area (Å²) in [7, 11) is 0. The molecule has 0 aliphatic rings. The second-order valence-electron chi connectivity index (χ2n) is 5.36. The van der Waals surface area contributed by atoms with Crippen LogP contribution in [0.4, 0.5) is 4.79 Å². The van der Waals surface area contributed by atoms with Gasteiger partial charge in [0.1, 0.15) is 5.60 Å². The fourth-order valence-corrected chi connectivity index (χ4v) is 1.32. The number of unbranched alkanes of at least 4 members (excludes halogenated alkanes) is 2. The van der Waals surface area contributed by atoms with E-state index in [2.05, 4.69) is 12.2 Å². The summed E-state index contributed by atoms with van der Waals surface area (Å²) in [4.78, 5) is 11.3. The Labute approximate surface area is 117 Å². The van der Waals surface area contributed by atoms with Gasteiger partial charge < -0.3 is 19.5 Å². The number of hydrogen-bond donors (Lipinski definition) is 1. The van der Waals surface area contributed by atoms with Crippen molar-refractivity contribution >= 4 is 6.09 Å². The molecule has 0 aromatic carbocycles. The van der Waals surface area contributed by atoms with Crippen molar-refractivity contribution in [2.75, 3.05) is 33.0 Å². The van der Waals surface area contributed by atoms with Crippen LogP contribution in [-0.4, -0.2) is 44.7 Å². The van der Waals surface area contributed by atoms with Gasteiger partial charge in [0.15, 0.2) is 0 Å². The average Bonchev–Trinajstić information content (AvgIpc) is 2.29. The first kappa shape index (κ1) is 18.2. The van der Waals surface area contributed by atoms with Crippen LogP contribution in [0.25, 0.3) is 0 Å². The topological polar surface area (TPSA) is 56.8 Å². The number of nitrogens with one attached hydrogen (secondary N) is 1. The van der Waals surface area contributed by atoms with E-state index in [1.54, 1.807) is 0 Å². The molecule has 5 nitrogen and oxygen atoms in total. The van der Waals surface area contributed by atoms with Crippen molar-refractivity contribution < 1.29 is 19.0 Å². The standard InChI is InChI=1S/C14H29NO4/c1-5-6-7-9-17-11-12-18-10-8-15-13(16)19-14(2,3)4/h5-12H2,1-4H3,(H,15,16). The molecule has 0 fully saturated rings. The summed E-state index contributed by atoms with van der Waals surface area (Å²) in [5.41, 5.74) is -0.461. The lowest BCUT2D eigenvalue weighted by molar-refractivity contribution is 0.0391. The fraction of sp³-hybridized carbons (Fsp3) is 0.929. The maximum atomic E-state index is 11.3. The Morgan fingerprint density at radius 2 is 1.63 bits per heavy atom. The molecule has 0 aromatic heterocycles. The van der Waals surface area contributed by atoms with E-state index in [4.69, 9.17) is 14.2 Å². The molecule has 1 N–H and O–H groups in total. The number of rotatable bonds is 10. The van der Waals surface area contributed by atoms with Crippen molar-refractivity contribution in [3.8, 4) is 0 Å². The molecule has 5 heteroatoms. The highest BCUT2D eigenvalue weighted by Crippen LogP contribution is 2.05. The van der Waals surface area contributed by atoms with Gasteiger partial charge in [-0.25, -0.2) is 4.79 Å². The zero-order valence-corrected chi connectivity index (χ0v) is 12.8. The van der Waals surface area contributed by atoms with Crippen LogP contribution in [0.5, 0.6) is 0 Å². The molecule has 0 spiro atoms. The summed E-state index contributed by atoms with van der Waals surface area (Å²) in [5.74, 6) is 0. The maximum Gasteiger partial charge on any atom is 0.407 e. The third kappa shape index (κ3) is 15.1. The first-order chi connectivity index (χ1) is 8.95. The molecule has 0 rings (SSSR count). The van der Waals surface area contributed by atoms with Crippen LogP contribution in [0.3, 0.4) is 0 Å². The maximum absolute atomic E-state index is 11.3. The van der Waals surface area contributed by atoms with Crippen LogP contribution in [0, 0.1) is 0 Å². The molecule has 114 valence electrons. The third-order valence-corrected chi connectivity index (χ3v) is 2.18. The van der Waals surface area contributed by atoms with E-state index in [1.165, 1.54) is 12.8 Å². The molecule has 19 heavy (non-hydrogen) atoms. The Morgan fingerprint density at radius 1 is 1.00 bits per heavy atom. The van der Waals surface area contributed by atoms with Crippen molar-refractivity contribution in [3.05, 3.63) is 0 Å². The fourth-order valence-electron chi connectivity index (χ4n) is 1.32. The number of amides is 1. The highest BCUT2D eigenvalue weighted by atomic mass is 16.6. The summed E-state index contributed by atoms with van der Waals surface area (Å²) in [6.45, 7) is 10.5. The molecular weight excluding hydrogens is 246 g/mol. The van der Waals surface area contributed by atoms with Crippen LogP contribution in [0.15, 0.2) is 0 Å². The quantitative estimate of drug-likeness (QED) is 0.623. The van der Waals surface area contributed by atoms with Gasteiger partial charge in [-0.2, -0.15) is 0 Å². The number of carbonyl (C=O) groups excluding carboxylic acids is 1. The highest BCUT2D eigenvalue weighted by molar-refractivity contribution is 5.67. The summed E-state index contributed by atoms with van der Waals surface area (Å²) in [6, 6.07) is 0. The third-order valence-electron chi connectivity index (χ3n) is 2.18. The highest BCUT2D eigenvalue weighted by Gasteiger charge is 2.15. The molecule has 0 atom stereocenters. The van der Waals surface area contributed by atoms with Crippen molar-refractivity contribution in [1.29, 1.82) is 0 Å². The molecule has 0 bridgehead atoms. The van der Waals surface area contributed by atoms with Gasteiger partial charge in [0.25, 0.3) is 0 Å². The molecule has 0 radical (unpaired) electrons. The van der Waals surface area contributed by atoms with Crippen molar-refractivity contribution in [3.63, 3.8) is 0 Å². The number of hydrogen-bond acceptors (Lipinski definition) is 4. The molecule has 0 unspecified atom stereocenters. The monoisotopic (exact) mass is 275 g/mol. The first-order valence-corrected chi connectivity index (χ1v) is 7.08. The molecule has 0 saturated heterocycles. The average molecular weight is 275 g/mol. The summed E-state index contributed by atoms with van der Waals surface area (Å²) in [5, 5.41) is 2.63. The van der Waals surface area contributed by atoms with E-state index >= 15 is 0 Å². The van der Waals surface area contributed by atoms with E-state index in [-0.39, 0.29) is 0 Å². The van der Waals surface area contributed by atoms with Gasteiger partial charge in [-0.15, -0.1) is 0 Å². The predicted molar refractivity (Wildman–Crippen MR) is 75.4 cm³/mol. The van der Waals surface area contributed by atoms with Crippen molar-refractivity contribution in [1.82, 2.24) is 5.32 Å². The van der Waals surface area contributed by atoms with E-state index in [1.807, 2.05) is 20.8 Å². The second-order valence-corrected chi connectivity index (χ2v) is 5.36. The smallest absolute Gasteiger partial charge is 0.407 e. The molecule has 1 amide bonds. The molecule has 0 aromatic rings. The Bertz CT molecular complexity index is 226. The second kappa shape index (κ2) is 11.1. The summed E-state index contributed by atoms with van der Waals surface area (Å²) >= 11 is 0. The predicted octanol–water partition coefficient (Wildman–Crippen LogP) is 2.73. The lowest BCUT2D eigenvalue weighted by Crippen LogP contribution is -2.34. The largest absolute Gasteiger partial charge is 0.444 e. The molecule has 0 heterocycles. The zero-order valence-electron chi connectivity index (χ0n) is 12.8. The van der Waals surface area contributed by atoms with Crippen LogP contribution < -0.4 is 5.32 Å². The lowest BCUT2D eigenvalue weighted by Gasteiger charge is -2.19. The summed E-state index contributed by atoms with van der Waals surface area (Å²) < 4.78 is 15.8. The first-order valence-electron chi connectivity index (χ1n) is 7.08. The van der Waals surface area contributed by atoms with Crippen LogP contribution in [0.2, 0.25) is 0 Å². The van der Waals surface area contributed by atoms with E-state index in [9.17, 15) is 4.79 Å². The van der Waals surface area contributed by atoms with Crippen molar-refractivity contribution in [2.24, 2.45) is 0 Å².